The summed E-state index contributed by atoms with van der Waals surface area (Å²) < 4.78 is 1.02. The summed E-state index contributed by atoms with van der Waals surface area (Å²) in [7, 11) is 6.49. The standard InChI is InChI=1S/C5H13NS.C2H4O2.HI/c1-6(2,3)4-5-7;1-2(3)4;/h4-5H2,1-3H3;1H3,(H,3,4);1H. The van der Waals surface area contributed by atoms with Gasteiger partial charge in [0.05, 0.1) is 27.7 Å². The molecule has 0 radical (unpaired) electrons. The van der Waals surface area contributed by atoms with Gasteiger partial charge in [-0.25, -0.2) is 0 Å². The quantitative estimate of drug-likeness (QED) is 0.443. The molecule has 0 rings (SSSR count). The number of carbonyl (C=O) groups is 1. The van der Waals surface area contributed by atoms with Crippen LogP contribution in [-0.2, 0) is 4.79 Å². The number of carboxylic acids is 1. The molecule has 0 aromatic carbocycles. The van der Waals surface area contributed by atoms with E-state index in [2.05, 4.69) is 33.8 Å². The highest BCUT2D eigenvalue weighted by Crippen LogP contribution is 1.88. The molecule has 0 bridgehead atoms. The minimum Gasteiger partial charge on any atom is -0.550 e. The molecule has 76 valence electrons. The maximum Gasteiger partial charge on any atom is 0.0869 e. The lowest BCUT2D eigenvalue weighted by Gasteiger charge is -2.22. The van der Waals surface area contributed by atoms with Gasteiger partial charge >= 0.3 is 0 Å². The molecule has 0 saturated carbocycles. The maximum absolute atomic E-state index is 8.89. The fourth-order valence-corrected chi connectivity index (χ4v) is 0.900. The van der Waals surface area contributed by atoms with E-state index in [-0.39, 0.29) is 24.0 Å². The minimum absolute atomic E-state index is 0. The molecule has 0 heterocycles. The van der Waals surface area contributed by atoms with Crippen molar-refractivity contribution in [3.05, 3.63) is 0 Å². The van der Waals surface area contributed by atoms with Gasteiger partial charge in [0.1, 0.15) is 0 Å². The number of rotatable bonds is 2. The molecule has 0 aromatic heterocycles. The average molecular weight is 307 g/mol. The van der Waals surface area contributed by atoms with Gasteiger partial charge in [-0.15, -0.1) is 24.0 Å². The van der Waals surface area contributed by atoms with Gasteiger partial charge < -0.3 is 14.4 Å². The molecular weight excluding hydrogens is 289 g/mol. The van der Waals surface area contributed by atoms with Crippen LogP contribution in [0.25, 0.3) is 0 Å². The number of quaternary nitrogens is 1. The van der Waals surface area contributed by atoms with E-state index in [9.17, 15) is 0 Å². The number of carbonyl (C=O) groups excluding carboxylic acids is 1. The molecule has 0 amide bonds. The van der Waals surface area contributed by atoms with Crippen LogP contribution in [0.5, 0.6) is 0 Å². The molecule has 0 aromatic rings. The number of hydrogen-bond donors (Lipinski definition) is 1. The Morgan fingerprint density at radius 2 is 1.67 bits per heavy atom. The lowest BCUT2D eigenvalue weighted by atomic mass is 10.6. The van der Waals surface area contributed by atoms with Crippen LogP contribution in [0.4, 0.5) is 0 Å². The Labute approximate surface area is 97.2 Å². The lowest BCUT2D eigenvalue weighted by Crippen LogP contribution is -2.36. The first kappa shape index (κ1) is 18.3. The topological polar surface area (TPSA) is 40.1 Å². The van der Waals surface area contributed by atoms with Crippen LogP contribution in [0.3, 0.4) is 0 Å². The summed E-state index contributed by atoms with van der Waals surface area (Å²) in [5, 5.41) is 8.89. The minimum atomic E-state index is -1.08. The van der Waals surface area contributed by atoms with Crippen molar-refractivity contribution in [1.82, 2.24) is 0 Å². The Morgan fingerprint density at radius 1 is 1.42 bits per heavy atom. The van der Waals surface area contributed by atoms with Crippen molar-refractivity contribution in [3.8, 4) is 0 Å². The molecule has 3 nitrogen and oxygen atoms in total. The van der Waals surface area contributed by atoms with E-state index in [4.69, 9.17) is 9.90 Å². The van der Waals surface area contributed by atoms with Crippen molar-refractivity contribution in [3.63, 3.8) is 0 Å². The molecule has 0 unspecified atom stereocenters. The van der Waals surface area contributed by atoms with Gasteiger partial charge in [-0.1, -0.05) is 0 Å². The van der Waals surface area contributed by atoms with Gasteiger partial charge in [0.25, 0.3) is 0 Å². The normalized spacial score (nSPS) is 9.08. The Hall–Kier alpha value is 0.510. The Kier molecular flexibility index (Phi) is 14.7. The smallest absolute Gasteiger partial charge is 0.0869 e. The first-order chi connectivity index (χ1) is 4.79. The van der Waals surface area contributed by atoms with E-state index in [0.717, 1.165) is 23.7 Å². The predicted molar refractivity (Wildman–Crippen MR) is 62.8 cm³/mol. The molecule has 0 N–H and O–H groups in total. The van der Waals surface area contributed by atoms with Gasteiger partial charge in [-0.3, -0.25) is 0 Å². The van der Waals surface area contributed by atoms with Crippen molar-refractivity contribution in [2.45, 2.75) is 6.92 Å². The second kappa shape index (κ2) is 9.60. The summed E-state index contributed by atoms with van der Waals surface area (Å²) in [4.78, 5) is 8.89. The van der Waals surface area contributed by atoms with Crippen molar-refractivity contribution in [1.29, 1.82) is 0 Å². The van der Waals surface area contributed by atoms with Crippen LogP contribution >= 0.6 is 36.6 Å². The van der Waals surface area contributed by atoms with E-state index in [1.54, 1.807) is 0 Å². The highest BCUT2D eigenvalue weighted by atomic mass is 127. The van der Waals surface area contributed by atoms with Crippen LogP contribution in [0.15, 0.2) is 0 Å². The second-order valence-corrected chi connectivity index (χ2v) is 3.68. The van der Waals surface area contributed by atoms with Gasteiger partial charge in [-0.2, -0.15) is 12.6 Å². The monoisotopic (exact) mass is 307 g/mol. The van der Waals surface area contributed by atoms with Gasteiger partial charge in [0.15, 0.2) is 0 Å². The third-order valence-electron chi connectivity index (χ3n) is 0.771. The van der Waals surface area contributed by atoms with E-state index < -0.39 is 5.97 Å². The molecule has 0 aliphatic rings. The molecule has 0 aliphatic carbocycles. The van der Waals surface area contributed by atoms with Gasteiger partial charge in [0.2, 0.25) is 0 Å². The maximum atomic E-state index is 8.89. The molecule has 12 heavy (non-hydrogen) atoms. The molecule has 0 aliphatic heterocycles. The number of aliphatic carboxylic acids is 1. The summed E-state index contributed by atoms with van der Waals surface area (Å²) >= 11 is 4.10. The van der Waals surface area contributed by atoms with Gasteiger partial charge in [0, 0.05) is 11.7 Å². The van der Waals surface area contributed by atoms with Crippen molar-refractivity contribution < 1.29 is 14.4 Å². The number of thiol groups is 1. The Balaban J connectivity index is -0.000000142. The van der Waals surface area contributed by atoms with E-state index in [0.29, 0.717) is 0 Å². The molecular formula is C7H18INO2S. The summed E-state index contributed by atoms with van der Waals surface area (Å²) in [6.45, 7) is 2.11. The molecule has 5 heteroatoms. The van der Waals surface area contributed by atoms with Crippen molar-refractivity contribution >= 4 is 42.6 Å². The highest BCUT2D eigenvalue weighted by Gasteiger charge is 2.01. The van der Waals surface area contributed by atoms with Gasteiger partial charge in [-0.05, 0) is 6.92 Å². The Bertz CT molecular complexity index is 110. The first-order valence-electron chi connectivity index (χ1n) is 3.38. The average Bonchev–Trinajstić information content (AvgIpc) is 1.58. The van der Waals surface area contributed by atoms with Crippen molar-refractivity contribution in [2.24, 2.45) is 0 Å². The zero-order chi connectivity index (χ0) is 9.49. The first-order valence-corrected chi connectivity index (χ1v) is 4.01. The Morgan fingerprint density at radius 3 is 1.67 bits per heavy atom. The van der Waals surface area contributed by atoms with Crippen LogP contribution < -0.4 is 5.11 Å². The molecule has 0 fully saturated rings. The fraction of sp³-hybridized carbons (Fsp3) is 0.857. The molecule has 0 saturated heterocycles. The summed E-state index contributed by atoms with van der Waals surface area (Å²) in [6, 6.07) is 0. The second-order valence-electron chi connectivity index (χ2n) is 3.23. The third kappa shape index (κ3) is 46.7. The summed E-state index contributed by atoms with van der Waals surface area (Å²) in [6.07, 6.45) is 0. The van der Waals surface area contributed by atoms with E-state index >= 15 is 0 Å². The number of nitrogens with zero attached hydrogens (tertiary/aromatic N) is 1. The number of carboxylic acid groups (broad SMARTS) is 1. The molecule has 0 atom stereocenters. The highest BCUT2D eigenvalue weighted by molar-refractivity contribution is 14.0. The van der Waals surface area contributed by atoms with E-state index in [1.165, 1.54) is 0 Å². The number of hydrogen-bond acceptors (Lipinski definition) is 3. The van der Waals surface area contributed by atoms with Crippen LogP contribution in [-0.4, -0.2) is 43.9 Å². The SMILES string of the molecule is CC(=O)[O-].C[N+](C)(C)CCS.I. The van der Waals surface area contributed by atoms with Crippen LogP contribution in [0.2, 0.25) is 0 Å². The molecule has 0 spiro atoms. The summed E-state index contributed by atoms with van der Waals surface area (Å²) in [5.41, 5.74) is 0. The van der Waals surface area contributed by atoms with E-state index in [1.807, 2.05) is 0 Å². The predicted octanol–water partition coefficient (Wildman–Crippen LogP) is -0.00340. The number of halogens is 1. The third-order valence-corrected chi connectivity index (χ3v) is 0.971. The fourth-order valence-electron chi connectivity index (χ4n) is 0.300. The summed E-state index contributed by atoms with van der Waals surface area (Å²) in [5.74, 6) is -0.108. The van der Waals surface area contributed by atoms with Crippen LogP contribution in [0.1, 0.15) is 6.92 Å². The zero-order valence-corrected chi connectivity index (χ0v) is 11.3. The van der Waals surface area contributed by atoms with Crippen molar-refractivity contribution in [2.75, 3.05) is 33.4 Å². The van der Waals surface area contributed by atoms with Crippen LogP contribution in [0, 0.1) is 0 Å². The largest absolute Gasteiger partial charge is 0.550 e. The lowest BCUT2D eigenvalue weighted by molar-refractivity contribution is -0.867. The zero-order valence-electron chi connectivity index (χ0n) is 8.03.